The molecule has 0 saturated heterocycles. The number of nitrogens with zero attached hydrogens (tertiary/aromatic N) is 3. The van der Waals surface area contributed by atoms with Crippen LogP contribution in [0.1, 0.15) is 70.8 Å². The fourth-order valence-corrected chi connectivity index (χ4v) is 7.65. The molecule has 0 spiro atoms. The molecule has 3 aromatic rings. The molecule has 1 aromatic carbocycles. The number of carbonyl (C=O) groups excluding carboxylic acids is 2. The maximum Gasteiger partial charge on any atom is 0.307 e. The minimum atomic E-state index is -3.95. The molecule has 0 radical (unpaired) electrons. The highest BCUT2D eigenvalue weighted by Crippen LogP contribution is 2.36. The van der Waals surface area contributed by atoms with E-state index >= 15 is 0 Å². The lowest BCUT2D eigenvalue weighted by Crippen LogP contribution is -2.36. The SMILES string of the molecule is COCCN(CCC(=O)OC(C)(C)C)S(=O)(=O)c1ccc([C@@H](CC2CCCC2)C(=O)Nc2nc3ccc(Cl)nc3s2)cc1. The molecule has 234 valence electrons. The van der Waals surface area contributed by atoms with E-state index in [-0.39, 0.29) is 36.9 Å². The van der Waals surface area contributed by atoms with Gasteiger partial charge in [0.2, 0.25) is 15.9 Å². The van der Waals surface area contributed by atoms with Gasteiger partial charge in [0, 0.05) is 20.2 Å². The summed E-state index contributed by atoms with van der Waals surface area (Å²) >= 11 is 7.26. The van der Waals surface area contributed by atoms with Crippen molar-refractivity contribution in [2.75, 3.05) is 32.1 Å². The summed E-state index contributed by atoms with van der Waals surface area (Å²) in [6.45, 7) is 5.49. The second-order valence-electron chi connectivity index (χ2n) is 11.7. The molecule has 2 heterocycles. The van der Waals surface area contributed by atoms with Crippen molar-refractivity contribution >= 4 is 60.3 Å². The van der Waals surface area contributed by atoms with Crippen molar-refractivity contribution in [3.05, 3.63) is 47.1 Å². The number of anilines is 1. The number of ether oxygens (including phenoxy) is 2. The standard InChI is InChI=1S/C30H39ClN4O6S2/c1-30(2,3)41-26(36)15-16-35(17-18-40-4)43(38,39)22-11-9-21(10-12-22)23(19-20-7-5-6-8-20)27(37)34-29-32-24-13-14-25(31)33-28(24)42-29/h9-14,20,23H,5-8,15-19H2,1-4H3,(H,32,34,37)/t23-/m1/s1. The number of thiazole rings is 1. The number of halogens is 1. The third-order valence-corrected chi connectivity index (χ3v) is 10.3. The van der Waals surface area contributed by atoms with Crippen molar-refractivity contribution in [3.63, 3.8) is 0 Å². The smallest absolute Gasteiger partial charge is 0.307 e. The van der Waals surface area contributed by atoms with Gasteiger partial charge in [-0.25, -0.2) is 18.4 Å². The second kappa shape index (κ2) is 14.4. The van der Waals surface area contributed by atoms with Crippen LogP contribution in [0.5, 0.6) is 0 Å². The van der Waals surface area contributed by atoms with E-state index in [0.717, 1.165) is 31.2 Å². The molecule has 4 rings (SSSR count). The summed E-state index contributed by atoms with van der Waals surface area (Å²) in [5.74, 6) is -0.757. The lowest BCUT2D eigenvalue weighted by atomic mass is 9.87. The number of sulfonamides is 1. The lowest BCUT2D eigenvalue weighted by Gasteiger charge is -2.24. The summed E-state index contributed by atoms with van der Waals surface area (Å²) in [6, 6.07) is 9.87. The monoisotopic (exact) mass is 650 g/mol. The van der Waals surface area contributed by atoms with Gasteiger partial charge in [-0.2, -0.15) is 4.31 Å². The van der Waals surface area contributed by atoms with Crippen LogP contribution in [0.15, 0.2) is 41.3 Å². The number of aromatic nitrogens is 2. The molecule has 10 nitrogen and oxygen atoms in total. The fraction of sp³-hybridized carbons (Fsp3) is 0.533. The van der Waals surface area contributed by atoms with Crippen molar-refractivity contribution in [1.29, 1.82) is 0 Å². The number of fused-ring (bicyclic) bond motifs is 1. The van der Waals surface area contributed by atoms with Crippen LogP contribution in [0.25, 0.3) is 10.3 Å². The van der Waals surface area contributed by atoms with Crippen LogP contribution in [-0.4, -0.2) is 67.0 Å². The van der Waals surface area contributed by atoms with Gasteiger partial charge >= 0.3 is 5.97 Å². The second-order valence-corrected chi connectivity index (χ2v) is 15.0. The van der Waals surface area contributed by atoms with Gasteiger partial charge in [0.05, 0.1) is 23.8 Å². The van der Waals surface area contributed by atoms with Gasteiger partial charge in [-0.05, 0) is 62.9 Å². The number of benzene rings is 1. The number of amides is 1. The van der Waals surface area contributed by atoms with Gasteiger partial charge in [-0.15, -0.1) is 0 Å². The molecule has 0 bridgehead atoms. The summed E-state index contributed by atoms with van der Waals surface area (Å²) in [4.78, 5) is 35.4. The van der Waals surface area contributed by atoms with Crippen LogP contribution in [0.4, 0.5) is 5.13 Å². The van der Waals surface area contributed by atoms with E-state index in [1.807, 2.05) is 0 Å². The number of nitrogens with one attached hydrogen (secondary N) is 1. The number of hydrogen-bond donors (Lipinski definition) is 1. The molecule has 1 atom stereocenters. The minimum Gasteiger partial charge on any atom is -0.460 e. The highest BCUT2D eigenvalue weighted by molar-refractivity contribution is 7.89. The Balaban J connectivity index is 1.53. The van der Waals surface area contributed by atoms with Crippen LogP contribution in [-0.2, 0) is 29.1 Å². The highest BCUT2D eigenvalue weighted by atomic mass is 35.5. The first-order chi connectivity index (χ1) is 20.4. The number of hydrogen-bond acceptors (Lipinski definition) is 9. The molecule has 1 N–H and O–H groups in total. The summed E-state index contributed by atoms with van der Waals surface area (Å²) in [6.07, 6.45) is 4.97. The normalized spacial score (nSPS) is 15.2. The van der Waals surface area contributed by atoms with Crippen molar-refractivity contribution in [2.45, 2.75) is 75.7 Å². The number of esters is 1. The van der Waals surface area contributed by atoms with E-state index in [2.05, 4.69) is 15.3 Å². The van der Waals surface area contributed by atoms with Gasteiger partial charge in [-0.3, -0.25) is 9.59 Å². The predicted molar refractivity (Wildman–Crippen MR) is 168 cm³/mol. The Morgan fingerprint density at radius 1 is 1.09 bits per heavy atom. The van der Waals surface area contributed by atoms with Gasteiger partial charge in [0.1, 0.15) is 21.1 Å². The third kappa shape index (κ3) is 9.18. The zero-order chi connectivity index (χ0) is 31.2. The van der Waals surface area contributed by atoms with Gasteiger partial charge < -0.3 is 14.8 Å². The van der Waals surface area contributed by atoms with E-state index < -0.39 is 27.5 Å². The van der Waals surface area contributed by atoms with Crippen LogP contribution >= 0.6 is 22.9 Å². The first-order valence-corrected chi connectivity index (χ1v) is 17.0. The Labute approximate surface area is 262 Å². The maximum atomic E-state index is 13.6. The molecular formula is C30H39ClN4O6S2. The third-order valence-electron chi connectivity index (χ3n) is 7.26. The number of carbonyl (C=O) groups is 2. The average Bonchev–Trinajstić information content (AvgIpc) is 3.59. The first-order valence-electron chi connectivity index (χ1n) is 14.4. The average molecular weight is 651 g/mol. The summed E-state index contributed by atoms with van der Waals surface area (Å²) < 4.78 is 38.9. The Hall–Kier alpha value is -2.64. The molecule has 0 aliphatic heterocycles. The quantitative estimate of drug-likeness (QED) is 0.176. The summed E-state index contributed by atoms with van der Waals surface area (Å²) in [5, 5.41) is 3.74. The van der Waals surface area contributed by atoms with Gasteiger partial charge in [0.25, 0.3) is 0 Å². The summed E-state index contributed by atoms with van der Waals surface area (Å²) in [7, 11) is -2.46. The van der Waals surface area contributed by atoms with E-state index in [1.165, 1.54) is 34.9 Å². The van der Waals surface area contributed by atoms with Crippen molar-refractivity contribution in [3.8, 4) is 0 Å². The largest absolute Gasteiger partial charge is 0.460 e. The molecular weight excluding hydrogens is 612 g/mol. The van der Waals surface area contributed by atoms with E-state index in [4.69, 9.17) is 21.1 Å². The molecule has 1 aliphatic carbocycles. The van der Waals surface area contributed by atoms with Crippen molar-refractivity contribution in [1.82, 2.24) is 14.3 Å². The summed E-state index contributed by atoms with van der Waals surface area (Å²) in [5.41, 5.74) is 0.710. The van der Waals surface area contributed by atoms with Crippen LogP contribution in [0.3, 0.4) is 0 Å². The maximum absolute atomic E-state index is 13.6. The Bertz CT molecular complexity index is 1520. The zero-order valence-electron chi connectivity index (χ0n) is 25.0. The van der Waals surface area contributed by atoms with E-state index in [9.17, 15) is 18.0 Å². The molecule has 1 aliphatic rings. The minimum absolute atomic E-state index is 0.0443. The molecule has 0 unspecified atom stereocenters. The van der Waals surface area contributed by atoms with E-state index in [0.29, 0.717) is 33.0 Å². The van der Waals surface area contributed by atoms with Crippen LogP contribution < -0.4 is 5.32 Å². The van der Waals surface area contributed by atoms with Crippen molar-refractivity contribution < 1.29 is 27.5 Å². The number of pyridine rings is 1. The predicted octanol–water partition coefficient (Wildman–Crippen LogP) is 6.02. The highest BCUT2D eigenvalue weighted by Gasteiger charge is 2.30. The molecule has 1 amide bonds. The van der Waals surface area contributed by atoms with Crippen LogP contribution in [0.2, 0.25) is 5.15 Å². The first kappa shape index (κ1) is 33.3. The molecule has 43 heavy (non-hydrogen) atoms. The topological polar surface area (TPSA) is 128 Å². The lowest BCUT2D eigenvalue weighted by molar-refractivity contribution is -0.154. The Morgan fingerprint density at radius 3 is 2.44 bits per heavy atom. The molecule has 13 heteroatoms. The fourth-order valence-electron chi connectivity index (χ4n) is 5.19. The Kier molecular flexibility index (Phi) is 11.2. The molecule has 2 aromatic heterocycles. The molecule has 1 saturated carbocycles. The molecule has 1 fully saturated rings. The number of methoxy groups -OCH3 is 1. The van der Waals surface area contributed by atoms with Crippen molar-refractivity contribution in [2.24, 2.45) is 5.92 Å². The van der Waals surface area contributed by atoms with Crippen LogP contribution in [0, 0.1) is 5.92 Å². The van der Waals surface area contributed by atoms with Gasteiger partial charge in [-0.1, -0.05) is 60.8 Å². The number of rotatable bonds is 13. The Morgan fingerprint density at radius 2 is 1.79 bits per heavy atom. The zero-order valence-corrected chi connectivity index (χ0v) is 27.4. The van der Waals surface area contributed by atoms with Gasteiger partial charge in [0.15, 0.2) is 5.13 Å². The van der Waals surface area contributed by atoms with E-state index in [1.54, 1.807) is 45.0 Å².